The Balaban J connectivity index is 1.75. The lowest BCUT2D eigenvalue weighted by Gasteiger charge is -1.97. The first kappa shape index (κ1) is 9.66. The van der Waals surface area contributed by atoms with Gasteiger partial charge in [-0.05, 0) is 29.4 Å². The van der Waals surface area contributed by atoms with E-state index in [1.54, 1.807) is 5.38 Å². The minimum atomic E-state index is 0.117. The van der Waals surface area contributed by atoms with Crippen LogP contribution >= 0.6 is 11.5 Å². The van der Waals surface area contributed by atoms with Crippen molar-refractivity contribution in [2.45, 2.75) is 12.3 Å². The monoisotopic (exact) mass is 230 g/mol. The number of Topliss-reactive ketones (excluding diaryl/α,β-unsaturated/α-hetero) is 1. The highest BCUT2D eigenvalue weighted by molar-refractivity contribution is 7.03. The molecule has 0 radical (unpaired) electrons. The van der Waals surface area contributed by atoms with Crippen LogP contribution in [0.1, 0.15) is 28.4 Å². The van der Waals surface area contributed by atoms with Crippen molar-refractivity contribution >= 4 is 17.3 Å². The Bertz CT molecular complexity index is 495. The quantitative estimate of drug-likeness (QED) is 0.761. The van der Waals surface area contributed by atoms with Crippen LogP contribution in [-0.4, -0.2) is 15.4 Å². The fourth-order valence-electron chi connectivity index (χ4n) is 2.02. The van der Waals surface area contributed by atoms with Crippen molar-refractivity contribution < 1.29 is 4.79 Å². The number of benzene rings is 1. The molecule has 1 aliphatic carbocycles. The number of ketones is 1. The van der Waals surface area contributed by atoms with Gasteiger partial charge < -0.3 is 0 Å². The number of nitrogens with zero attached hydrogens (tertiary/aromatic N) is 2. The molecule has 3 nitrogen and oxygen atoms in total. The second kappa shape index (κ2) is 3.79. The van der Waals surface area contributed by atoms with Gasteiger partial charge in [0.2, 0.25) is 0 Å². The van der Waals surface area contributed by atoms with E-state index >= 15 is 0 Å². The number of hydrogen-bond acceptors (Lipinski definition) is 4. The van der Waals surface area contributed by atoms with Gasteiger partial charge in [-0.1, -0.05) is 34.8 Å². The molecule has 1 aromatic carbocycles. The molecule has 16 heavy (non-hydrogen) atoms. The van der Waals surface area contributed by atoms with Crippen LogP contribution in [0.15, 0.2) is 35.7 Å². The fraction of sp³-hybridized carbons (Fsp3) is 0.250. The minimum absolute atomic E-state index is 0.117. The van der Waals surface area contributed by atoms with Crippen molar-refractivity contribution in [3.63, 3.8) is 0 Å². The van der Waals surface area contributed by atoms with Gasteiger partial charge in [0.15, 0.2) is 5.78 Å². The lowest BCUT2D eigenvalue weighted by atomic mass is 10.1. The molecule has 0 amide bonds. The molecule has 1 aliphatic rings. The van der Waals surface area contributed by atoms with E-state index < -0.39 is 0 Å². The van der Waals surface area contributed by atoms with Gasteiger partial charge in [-0.25, -0.2) is 0 Å². The summed E-state index contributed by atoms with van der Waals surface area (Å²) >= 11 is 1.23. The molecule has 0 spiro atoms. The van der Waals surface area contributed by atoms with Crippen molar-refractivity contribution in [2.75, 3.05) is 0 Å². The number of hydrogen-bond donors (Lipinski definition) is 0. The van der Waals surface area contributed by atoms with Crippen LogP contribution in [0.4, 0.5) is 0 Å². The zero-order valence-electron chi connectivity index (χ0n) is 8.54. The minimum Gasteiger partial charge on any atom is -0.292 e. The van der Waals surface area contributed by atoms with Crippen molar-refractivity contribution in [3.8, 4) is 0 Å². The summed E-state index contributed by atoms with van der Waals surface area (Å²) in [5, 5.41) is 5.55. The first-order valence-electron chi connectivity index (χ1n) is 5.22. The van der Waals surface area contributed by atoms with Gasteiger partial charge in [0.05, 0.1) is 0 Å². The number of aromatic nitrogens is 2. The van der Waals surface area contributed by atoms with E-state index in [9.17, 15) is 4.79 Å². The molecule has 0 bridgehead atoms. The first-order chi connectivity index (χ1) is 7.86. The molecule has 0 N–H and O–H groups in total. The number of carbonyl (C=O) groups is 1. The third-order valence-electron chi connectivity index (χ3n) is 2.97. The molecular formula is C12H10N2OS. The van der Waals surface area contributed by atoms with E-state index in [1.807, 2.05) is 18.2 Å². The normalized spacial score (nSPS) is 23.0. The van der Waals surface area contributed by atoms with Crippen LogP contribution in [0.25, 0.3) is 0 Å². The second-order valence-electron chi connectivity index (χ2n) is 4.01. The van der Waals surface area contributed by atoms with Gasteiger partial charge >= 0.3 is 0 Å². The smallest absolute Gasteiger partial charge is 0.187 e. The highest BCUT2D eigenvalue weighted by Crippen LogP contribution is 2.48. The molecule has 3 rings (SSSR count). The summed E-state index contributed by atoms with van der Waals surface area (Å²) in [6.07, 6.45) is 0.945. The summed E-state index contributed by atoms with van der Waals surface area (Å²) in [6, 6.07) is 10.2. The van der Waals surface area contributed by atoms with Crippen LogP contribution in [0, 0.1) is 5.92 Å². The second-order valence-corrected chi connectivity index (χ2v) is 4.62. The maximum Gasteiger partial charge on any atom is 0.187 e. The van der Waals surface area contributed by atoms with E-state index in [4.69, 9.17) is 0 Å². The maximum atomic E-state index is 12.0. The van der Waals surface area contributed by atoms with Gasteiger partial charge in [-0.15, -0.1) is 5.10 Å². The zero-order valence-corrected chi connectivity index (χ0v) is 9.35. The Kier molecular flexibility index (Phi) is 2.29. The average molecular weight is 230 g/mol. The lowest BCUT2D eigenvalue weighted by Crippen LogP contribution is -2.03. The zero-order chi connectivity index (χ0) is 11.0. The summed E-state index contributed by atoms with van der Waals surface area (Å²) in [5.41, 5.74) is 1.78. The number of rotatable bonds is 3. The van der Waals surface area contributed by atoms with Gasteiger partial charge in [-0.3, -0.25) is 4.79 Å². The average Bonchev–Trinajstić information content (AvgIpc) is 2.95. The third kappa shape index (κ3) is 1.65. The Morgan fingerprint density at radius 2 is 2.12 bits per heavy atom. The molecule has 2 atom stereocenters. The molecule has 80 valence electrons. The standard InChI is InChI=1S/C12H10N2OS/c15-12(11-7-16-14-13-11)10-6-9(10)8-4-2-1-3-5-8/h1-5,7,9-10H,6H2. The van der Waals surface area contributed by atoms with Gasteiger partial charge in [0.1, 0.15) is 5.69 Å². The molecule has 1 aromatic heterocycles. The molecule has 0 saturated heterocycles. The van der Waals surface area contributed by atoms with Crippen molar-refractivity contribution in [2.24, 2.45) is 5.92 Å². The Labute approximate surface area is 97.3 Å². The summed E-state index contributed by atoms with van der Waals surface area (Å²) in [7, 11) is 0. The molecule has 1 heterocycles. The molecule has 1 fully saturated rings. The van der Waals surface area contributed by atoms with E-state index in [-0.39, 0.29) is 11.7 Å². The molecule has 4 heteroatoms. The summed E-state index contributed by atoms with van der Waals surface area (Å²) in [4.78, 5) is 12.0. The van der Waals surface area contributed by atoms with Gasteiger partial charge in [-0.2, -0.15) is 0 Å². The SMILES string of the molecule is O=C(c1csnn1)C1CC1c1ccccc1. The topological polar surface area (TPSA) is 42.9 Å². The van der Waals surface area contributed by atoms with E-state index in [2.05, 4.69) is 21.7 Å². The maximum absolute atomic E-state index is 12.0. The van der Waals surface area contributed by atoms with Gasteiger partial charge in [0.25, 0.3) is 0 Å². The molecular weight excluding hydrogens is 220 g/mol. The Morgan fingerprint density at radius 1 is 1.31 bits per heavy atom. The highest BCUT2D eigenvalue weighted by atomic mass is 32.1. The van der Waals surface area contributed by atoms with Crippen LogP contribution in [0.5, 0.6) is 0 Å². The predicted molar refractivity (Wildman–Crippen MR) is 61.5 cm³/mol. The molecule has 1 saturated carbocycles. The van der Waals surface area contributed by atoms with Crippen LogP contribution in [0.3, 0.4) is 0 Å². The van der Waals surface area contributed by atoms with Crippen LogP contribution in [-0.2, 0) is 0 Å². The van der Waals surface area contributed by atoms with Crippen LogP contribution < -0.4 is 0 Å². The van der Waals surface area contributed by atoms with Gasteiger partial charge in [0, 0.05) is 11.3 Å². The first-order valence-corrected chi connectivity index (χ1v) is 6.06. The van der Waals surface area contributed by atoms with E-state index in [0.717, 1.165) is 6.42 Å². The molecule has 2 aromatic rings. The van der Waals surface area contributed by atoms with Crippen molar-refractivity contribution in [1.82, 2.24) is 9.59 Å². The highest BCUT2D eigenvalue weighted by Gasteiger charge is 2.44. The molecule has 2 unspecified atom stereocenters. The molecule has 0 aliphatic heterocycles. The summed E-state index contributed by atoms with van der Waals surface area (Å²) in [5.74, 6) is 0.643. The van der Waals surface area contributed by atoms with Crippen molar-refractivity contribution in [3.05, 3.63) is 47.0 Å². The Hall–Kier alpha value is -1.55. The van der Waals surface area contributed by atoms with E-state index in [1.165, 1.54) is 17.1 Å². The fourth-order valence-corrected chi connectivity index (χ4v) is 2.46. The predicted octanol–water partition coefficient (Wildman–Crippen LogP) is 2.52. The van der Waals surface area contributed by atoms with Crippen LogP contribution in [0.2, 0.25) is 0 Å². The number of carbonyl (C=O) groups excluding carboxylic acids is 1. The lowest BCUT2D eigenvalue weighted by molar-refractivity contribution is 0.0960. The largest absolute Gasteiger partial charge is 0.292 e. The van der Waals surface area contributed by atoms with E-state index in [0.29, 0.717) is 11.6 Å². The Morgan fingerprint density at radius 3 is 2.81 bits per heavy atom. The summed E-state index contributed by atoms with van der Waals surface area (Å²) < 4.78 is 3.72. The summed E-state index contributed by atoms with van der Waals surface area (Å²) in [6.45, 7) is 0. The third-order valence-corrected chi connectivity index (χ3v) is 3.47. The van der Waals surface area contributed by atoms with Crippen molar-refractivity contribution in [1.29, 1.82) is 0 Å².